The molecule has 1 aliphatic carbocycles. The van der Waals surface area contributed by atoms with E-state index < -0.39 is 19.1 Å². The molecular weight excluding hydrogens is 200 g/mol. The molecule has 2 nitrogen and oxygen atoms in total. The van der Waals surface area contributed by atoms with Gasteiger partial charge in [0.15, 0.2) is 0 Å². The Kier molecular flexibility index (Phi) is 4.46. The standard InChI is InChI=1S/C11H21F2NO/c1-8-4-3-5-9(2)10(8)14-6-11(12,13)7-15/h8-10,14-15H,3-7H2,1-2H3. The molecule has 0 amide bonds. The van der Waals surface area contributed by atoms with Crippen LogP contribution in [-0.4, -0.2) is 30.2 Å². The maximum Gasteiger partial charge on any atom is 0.282 e. The molecule has 2 unspecified atom stereocenters. The number of alkyl halides is 2. The predicted molar refractivity (Wildman–Crippen MR) is 56.0 cm³/mol. The largest absolute Gasteiger partial charge is 0.390 e. The number of rotatable bonds is 4. The molecule has 0 spiro atoms. The van der Waals surface area contributed by atoms with E-state index in [1.807, 2.05) is 0 Å². The average molecular weight is 221 g/mol. The highest BCUT2D eigenvalue weighted by atomic mass is 19.3. The van der Waals surface area contributed by atoms with E-state index in [1.54, 1.807) is 0 Å². The number of aliphatic hydroxyl groups excluding tert-OH is 1. The zero-order chi connectivity index (χ0) is 11.5. The summed E-state index contributed by atoms with van der Waals surface area (Å²) in [5.74, 6) is -2.09. The average Bonchev–Trinajstić information content (AvgIpc) is 2.17. The number of hydrogen-bond donors (Lipinski definition) is 2. The maximum absolute atomic E-state index is 12.8. The second-order valence-corrected chi connectivity index (χ2v) is 4.81. The van der Waals surface area contributed by atoms with Gasteiger partial charge in [0.1, 0.15) is 6.61 Å². The third kappa shape index (κ3) is 3.68. The Hall–Kier alpha value is -0.220. The van der Waals surface area contributed by atoms with Crippen LogP contribution in [0.2, 0.25) is 0 Å². The summed E-state index contributed by atoms with van der Waals surface area (Å²) in [6, 6.07) is 0.163. The van der Waals surface area contributed by atoms with Crippen LogP contribution in [0.1, 0.15) is 33.1 Å². The second kappa shape index (κ2) is 5.21. The molecule has 0 heterocycles. The molecular formula is C11H21F2NO. The summed E-state index contributed by atoms with van der Waals surface area (Å²) in [6.45, 7) is 2.72. The van der Waals surface area contributed by atoms with Crippen LogP contribution in [0.25, 0.3) is 0 Å². The third-order valence-electron chi connectivity index (χ3n) is 3.37. The van der Waals surface area contributed by atoms with E-state index in [9.17, 15) is 8.78 Å². The first kappa shape index (κ1) is 12.8. The molecule has 2 atom stereocenters. The van der Waals surface area contributed by atoms with Crippen molar-refractivity contribution >= 4 is 0 Å². The smallest absolute Gasteiger partial charge is 0.282 e. The molecule has 0 radical (unpaired) electrons. The van der Waals surface area contributed by atoms with E-state index in [1.165, 1.54) is 6.42 Å². The molecule has 1 saturated carbocycles. The van der Waals surface area contributed by atoms with E-state index in [-0.39, 0.29) is 6.04 Å². The van der Waals surface area contributed by atoms with Gasteiger partial charge in [-0.05, 0) is 24.7 Å². The lowest BCUT2D eigenvalue weighted by molar-refractivity contribution is -0.0524. The van der Waals surface area contributed by atoms with E-state index in [2.05, 4.69) is 19.2 Å². The van der Waals surface area contributed by atoms with Gasteiger partial charge in [-0.25, -0.2) is 8.78 Å². The lowest BCUT2D eigenvalue weighted by Gasteiger charge is -2.36. The quantitative estimate of drug-likeness (QED) is 0.761. The molecule has 0 aromatic heterocycles. The summed E-state index contributed by atoms with van der Waals surface area (Å²) < 4.78 is 25.7. The monoisotopic (exact) mass is 221 g/mol. The first-order valence-corrected chi connectivity index (χ1v) is 5.68. The number of aliphatic hydroxyl groups is 1. The Morgan fingerprint density at radius 3 is 2.27 bits per heavy atom. The number of nitrogens with one attached hydrogen (secondary N) is 1. The van der Waals surface area contributed by atoms with Gasteiger partial charge in [-0.1, -0.05) is 20.3 Å². The van der Waals surface area contributed by atoms with Crippen LogP contribution in [0.3, 0.4) is 0 Å². The maximum atomic E-state index is 12.8. The molecule has 4 heteroatoms. The van der Waals surface area contributed by atoms with Crippen LogP contribution >= 0.6 is 0 Å². The topological polar surface area (TPSA) is 32.3 Å². The molecule has 0 aromatic carbocycles. The van der Waals surface area contributed by atoms with Crippen molar-refractivity contribution in [3.05, 3.63) is 0 Å². The summed E-state index contributed by atoms with van der Waals surface area (Å²) in [5, 5.41) is 11.4. The Morgan fingerprint density at radius 2 is 1.80 bits per heavy atom. The fourth-order valence-electron chi connectivity index (χ4n) is 2.41. The molecule has 1 rings (SSSR count). The van der Waals surface area contributed by atoms with Gasteiger partial charge in [0.2, 0.25) is 0 Å². The molecule has 1 fully saturated rings. The summed E-state index contributed by atoms with van der Waals surface area (Å²) in [6.07, 6.45) is 3.40. The minimum absolute atomic E-state index is 0.163. The Morgan fingerprint density at radius 1 is 1.27 bits per heavy atom. The zero-order valence-electron chi connectivity index (χ0n) is 9.47. The molecule has 90 valence electrons. The molecule has 0 bridgehead atoms. The number of hydrogen-bond acceptors (Lipinski definition) is 2. The predicted octanol–water partition coefficient (Wildman–Crippen LogP) is 2.03. The van der Waals surface area contributed by atoms with Crippen LogP contribution in [0.5, 0.6) is 0 Å². The van der Waals surface area contributed by atoms with Crippen molar-refractivity contribution in [3.63, 3.8) is 0 Å². The van der Waals surface area contributed by atoms with E-state index in [0.29, 0.717) is 11.8 Å². The van der Waals surface area contributed by atoms with Crippen molar-refractivity contribution in [2.24, 2.45) is 11.8 Å². The Labute approximate surface area is 90.1 Å². The lowest BCUT2D eigenvalue weighted by Crippen LogP contribution is -2.48. The minimum Gasteiger partial charge on any atom is -0.390 e. The summed E-state index contributed by atoms with van der Waals surface area (Å²) in [5.41, 5.74) is 0. The first-order chi connectivity index (χ1) is 6.96. The molecule has 2 N–H and O–H groups in total. The van der Waals surface area contributed by atoms with Crippen LogP contribution in [0.4, 0.5) is 8.78 Å². The van der Waals surface area contributed by atoms with Gasteiger partial charge in [0.25, 0.3) is 5.92 Å². The zero-order valence-corrected chi connectivity index (χ0v) is 9.47. The van der Waals surface area contributed by atoms with Gasteiger partial charge in [-0.15, -0.1) is 0 Å². The summed E-state index contributed by atoms with van der Waals surface area (Å²) >= 11 is 0. The van der Waals surface area contributed by atoms with Crippen molar-refractivity contribution in [1.29, 1.82) is 0 Å². The van der Waals surface area contributed by atoms with Crippen molar-refractivity contribution in [3.8, 4) is 0 Å². The highest BCUT2D eigenvalue weighted by Crippen LogP contribution is 2.29. The highest BCUT2D eigenvalue weighted by molar-refractivity contribution is 4.85. The van der Waals surface area contributed by atoms with Crippen LogP contribution in [0.15, 0.2) is 0 Å². The van der Waals surface area contributed by atoms with Gasteiger partial charge >= 0.3 is 0 Å². The minimum atomic E-state index is -2.99. The molecule has 0 aliphatic heterocycles. The Bertz CT molecular complexity index is 189. The second-order valence-electron chi connectivity index (χ2n) is 4.81. The van der Waals surface area contributed by atoms with Crippen molar-refractivity contribution < 1.29 is 13.9 Å². The van der Waals surface area contributed by atoms with E-state index >= 15 is 0 Å². The fourth-order valence-corrected chi connectivity index (χ4v) is 2.41. The van der Waals surface area contributed by atoms with Crippen molar-refractivity contribution in [1.82, 2.24) is 5.32 Å². The molecule has 0 aromatic rings. The third-order valence-corrected chi connectivity index (χ3v) is 3.37. The van der Waals surface area contributed by atoms with Crippen LogP contribution < -0.4 is 5.32 Å². The van der Waals surface area contributed by atoms with Gasteiger partial charge in [0, 0.05) is 6.04 Å². The first-order valence-electron chi connectivity index (χ1n) is 5.68. The van der Waals surface area contributed by atoms with Gasteiger partial charge in [0.05, 0.1) is 6.54 Å². The van der Waals surface area contributed by atoms with Crippen LogP contribution in [0, 0.1) is 11.8 Å². The van der Waals surface area contributed by atoms with E-state index in [0.717, 1.165) is 12.8 Å². The van der Waals surface area contributed by atoms with Crippen molar-refractivity contribution in [2.75, 3.05) is 13.2 Å². The van der Waals surface area contributed by atoms with Gasteiger partial charge in [-0.3, -0.25) is 0 Å². The van der Waals surface area contributed by atoms with E-state index in [4.69, 9.17) is 5.11 Å². The summed E-state index contributed by atoms with van der Waals surface area (Å²) in [4.78, 5) is 0. The SMILES string of the molecule is CC1CCCC(C)C1NCC(F)(F)CO. The Balaban J connectivity index is 2.42. The van der Waals surface area contributed by atoms with Gasteiger partial charge in [-0.2, -0.15) is 0 Å². The molecule has 1 aliphatic rings. The lowest BCUT2D eigenvalue weighted by atomic mass is 9.78. The molecule has 15 heavy (non-hydrogen) atoms. The molecule has 0 saturated heterocycles. The number of halogens is 2. The summed E-state index contributed by atoms with van der Waals surface area (Å²) in [7, 11) is 0. The van der Waals surface area contributed by atoms with Crippen molar-refractivity contribution in [2.45, 2.75) is 45.1 Å². The fraction of sp³-hybridized carbons (Fsp3) is 1.00. The van der Waals surface area contributed by atoms with Crippen LogP contribution in [-0.2, 0) is 0 Å². The van der Waals surface area contributed by atoms with Gasteiger partial charge < -0.3 is 10.4 Å². The normalized spacial score (nSPS) is 33.0. The highest BCUT2D eigenvalue weighted by Gasteiger charge is 2.32.